The molecule has 33 heavy (non-hydrogen) atoms. The molecule has 2 heterocycles. The first-order valence-electron chi connectivity index (χ1n) is 10.4. The predicted octanol–water partition coefficient (Wildman–Crippen LogP) is 3.11. The molecule has 0 atom stereocenters. The Labute approximate surface area is 197 Å². The normalized spacial score (nSPS) is 15.9. The van der Waals surface area contributed by atoms with Crippen molar-refractivity contribution in [3.8, 4) is 0 Å². The van der Waals surface area contributed by atoms with Crippen molar-refractivity contribution in [2.75, 3.05) is 56.8 Å². The van der Waals surface area contributed by atoms with Crippen LogP contribution in [0.25, 0.3) is 0 Å². The van der Waals surface area contributed by atoms with E-state index in [1.54, 1.807) is 53.3 Å². The molecule has 2 aliphatic heterocycles. The zero-order valence-corrected chi connectivity index (χ0v) is 19.5. The highest BCUT2D eigenvalue weighted by Gasteiger charge is 2.31. The lowest BCUT2D eigenvalue weighted by Crippen LogP contribution is -2.49. The number of halogens is 1. The van der Waals surface area contributed by atoms with Crippen molar-refractivity contribution in [2.45, 2.75) is 6.92 Å². The maximum absolute atomic E-state index is 12.8. The van der Waals surface area contributed by atoms with Gasteiger partial charge in [-0.05, 0) is 31.2 Å². The van der Waals surface area contributed by atoms with Gasteiger partial charge in [0.15, 0.2) is 0 Å². The number of nitrogens with zero attached hydrogens (tertiary/aromatic N) is 3. The lowest BCUT2D eigenvalue weighted by Gasteiger charge is -2.38. The zero-order chi connectivity index (χ0) is 24.0. The van der Waals surface area contributed by atoms with Gasteiger partial charge in [0.2, 0.25) is 0 Å². The van der Waals surface area contributed by atoms with Crippen LogP contribution in [-0.4, -0.2) is 69.9 Å². The summed E-state index contributed by atoms with van der Waals surface area (Å²) in [6.07, 6.45) is 6.14. The number of hydrogen-bond donors (Lipinski definition) is 0. The Morgan fingerprint density at radius 2 is 1.70 bits per heavy atom. The number of rotatable bonds is 5. The average Bonchev–Trinajstić information content (AvgIpc) is 3.06. The van der Waals surface area contributed by atoms with E-state index in [-0.39, 0.29) is 17.4 Å². The van der Waals surface area contributed by atoms with E-state index in [4.69, 9.17) is 25.8 Å². The highest BCUT2D eigenvalue weighted by Crippen LogP contribution is 2.40. The third-order valence-electron chi connectivity index (χ3n) is 5.24. The number of para-hydroxylation sites is 1. The molecule has 0 spiro atoms. The van der Waals surface area contributed by atoms with Gasteiger partial charge in [-0.3, -0.25) is 0 Å². The van der Waals surface area contributed by atoms with Gasteiger partial charge >= 0.3 is 18.0 Å². The fourth-order valence-electron chi connectivity index (χ4n) is 3.69. The molecule has 1 aromatic rings. The van der Waals surface area contributed by atoms with Crippen molar-refractivity contribution < 1.29 is 28.6 Å². The van der Waals surface area contributed by atoms with Crippen LogP contribution in [0, 0.1) is 0 Å². The van der Waals surface area contributed by atoms with Crippen LogP contribution in [0.15, 0.2) is 53.9 Å². The highest BCUT2D eigenvalue weighted by atomic mass is 35.5. The molecule has 3 rings (SSSR count). The Balaban J connectivity index is 2.03. The number of allylic oxidation sites excluding steroid dienone is 2. The smallest absolute Gasteiger partial charge is 0.409 e. The minimum absolute atomic E-state index is 0.00280. The van der Waals surface area contributed by atoms with Crippen molar-refractivity contribution in [3.05, 3.63) is 58.9 Å². The molecule has 1 amide bonds. The van der Waals surface area contributed by atoms with Gasteiger partial charge in [0, 0.05) is 32.4 Å². The van der Waals surface area contributed by atoms with Gasteiger partial charge in [-0.2, -0.15) is 0 Å². The first kappa shape index (κ1) is 24.2. The van der Waals surface area contributed by atoms with E-state index in [0.29, 0.717) is 49.2 Å². The van der Waals surface area contributed by atoms with Crippen LogP contribution in [0.5, 0.6) is 0 Å². The van der Waals surface area contributed by atoms with E-state index < -0.39 is 11.9 Å². The largest absolute Gasteiger partial charge is 0.465 e. The van der Waals surface area contributed by atoms with Crippen LogP contribution < -0.4 is 9.80 Å². The Bertz CT molecular complexity index is 1010. The molecule has 0 unspecified atom stereocenters. The Morgan fingerprint density at radius 3 is 2.33 bits per heavy atom. The number of amides is 1. The summed E-state index contributed by atoms with van der Waals surface area (Å²) in [5, 5.41) is 0.464. The number of hydrogen-bond acceptors (Lipinski definition) is 8. The van der Waals surface area contributed by atoms with Crippen molar-refractivity contribution in [1.29, 1.82) is 0 Å². The predicted molar refractivity (Wildman–Crippen MR) is 124 cm³/mol. The maximum Gasteiger partial charge on any atom is 0.409 e. The molecular formula is C23H26ClN3O6. The van der Waals surface area contributed by atoms with Gasteiger partial charge in [0.25, 0.3) is 0 Å². The topological polar surface area (TPSA) is 88.6 Å². The van der Waals surface area contributed by atoms with Gasteiger partial charge in [0.1, 0.15) is 5.70 Å². The van der Waals surface area contributed by atoms with E-state index >= 15 is 0 Å². The summed E-state index contributed by atoms with van der Waals surface area (Å²) in [6, 6.07) is 5.31. The molecule has 0 radical (unpaired) electrons. The highest BCUT2D eigenvalue weighted by molar-refractivity contribution is 6.34. The lowest BCUT2D eigenvalue weighted by molar-refractivity contribution is -0.139. The van der Waals surface area contributed by atoms with E-state index in [1.807, 2.05) is 4.90 Å². The summed E-state index contributed by atoms with van der Waals surface area (Å²) in [6.45, 7) is 4.00. The molecule has 2 aliphatic rings. The molecule has 1 saturated heterocycles. The molecule has 0 aliphatic carbocycles. The van der Waals surface area contributed by atoms with Crippen molar-refractivity contribution in [2.24, 2.45) is 0 Å². The quantitative estimate of drug-likeness (QED) is 0.474. The van der Waals surface area contributed by atoms with Gasteiger partial charge in [-0.1, -0.05) is 23.7 Å². The molecule has 0 N–H and O–H groups in total. The molecule has 0 saturated carbocycles. The monoisotopic (exact) mass is 475 g/mol. The maximum atomic E-state index is 12.8. The summed E-state index contributed by atoms with van der Waals surface area (Å²) in [7, 11) is 2.49. The molecule has 10 heteroatoms. The number of esters is 2. The van der Waals surface area contributed by atoms with E-state index in [1.165, 1.54) is 20.3 Å². The van der Waals surface area contributed by atoms with Crippen molar-refractivity contribution >= 4 is 41.0 Å². The number of piperazine rings is 1. The summed E-state index contributed by atoms with van der Waals surface area (Å²) in [4.78, 5) is 42.6. The third-order valence-corrected chi connectivity index (χ3v) is 5.54. The molecule has 9 nitrogen and oxygen atoms in total. The first-order chi connectivity index (χ1) is 15.9. The molecule has 1 aromatic carbocycles. The molecular weight excluding hydrogens is 450 g/mol. The molecule has 0 aromatic heterocycles. The minimum Gasteiger partial charge on any atom is -0.465 e. The van der Waals surface area contributed by atoms with Crippen LogP contribution in [0.3, 0.4) is 0 Å². The Morgan fingerprint density at radius 1 is 1.00 bits per heavy atom. The summed E-state index contributed by atoms with van der Waals surface area (Å²) < 4.78 is 15.0. The number of benzene rings is 1. The summed E-state index contributed by atoms with van der Waals surface area (Å²) in [5.74, 6) is -1.38. The van der Waals surface area contributed by atoms with E-state index in [2.05, 4.69) is 0 Å². The van der Waals surface area contributed by atoms with Crippen molar-refractivity contribution in [3.63, 3.8) is 0 Å². The van der Waals surface area contributed by atoms with Crippen LogP contribution in [-0.2, 0) is 23.8 Å². The van der Waals surface area contributed by atoms with Crippen LogP contribution >= 0.6 is 11.6 Å². The average molecular weight is 476 g/mol. The number of carbonyl (C=O) groups excluding carboxylic acids is 3. The van der Waals surface area contributed by atoms with Gasteiger partial charge in [0.05, 0.1) is 42.8 Å². The standard InChI is InChI=1S/C23H26ClN3O6/c1-4-33-23(30)26-14-12-25(13-15-26)20-17(24)9-7-10-18(20)27-11-6-5-8-16(21(28)31-2)19(27)22(29)32-3/h5-11H,4,12-15H2,1-3H3. The number of ether oxygens (including phenoxy) is 3. The van der Waals surface area contributed by atoms with Gasteiger partial charge in [-0.25, -0.2) is 14.4 Å². The zero-order valence-electron chi connectivity index (χ0n) is 18.7. The van der Waals surface area contributed by atoms with E-state index in [0.717, 1.165) is 0 Å². The van der Waals surface area contributed by atoms with Crippen LogP contribution in [0.4, 0.5) is 16.2 Å². The molecule has 176 valence electrons. The van der Waals surface area contributed by atoms with Crippen LogP contribution in [0.2, 0.25) is 5.02 Å². The van der Waals surface area contributed by atoms with Gasteiger partial charge < -0.3 is 28.9 Å². The summed E-state index contributed by atoms with van der Waals surface area (Å²) in [5.41, 5.74) is 1.30. The van der Waals surface area contributed by atoms with E-state index in [9.17, 15) is 14.4 Å². The molecule has 0 bridgehead atoms. The SMILES string of the molecule is CCOC(=O)N1CCN(c2c(Cl)cccc2N2C=CC=CC(C(=O)OC)=C2C(=O)OC)CC1. The number of carbonyl (C=O) groups is 3. The third kappa shape index (κ3) is 5.14. The molecule has 1 fully saturated rings. The number of methoxy groups -OCH3 is 2. The fourth-order valence-corrected chi connectivity index (χ4v) is 3.98. The van der Waals surface area contributed by atoms with Crippen molar-refractivity contribution in [1.82, 2.24) is 4.90 Å². The van der Waals surface area contributed by atoms with Gasteiger partial charge in [-0.15, -0.1) is 0 Å². The summed E-state index contributed by atoms with van der Waals surface area (Å²) >= 11 is 6.62. The Kier molecular flexibility index (Phi) is 8.00. The second-order valence-electron chi connectivity index (χ2n) is 7.10. The second kappa shape index (κ2) is 10.9. The first-order valence-corrected chi connectivity index (χ1v) is 10.8. The Hall–Kier alpha value is -3.46. The number of anilines is 2. The minimum atomic E-state index is -0.704. The van der Waals surface area contributed by atoms with Crippen LogP contribution in [0.1, 0.15) is 6.92 Å². The lowest BCUT2D eigenvalue weighted by atomic mass is 10.1. The fraction of sp³-hybridized carbons (Fsp3) is 0.348. The second-order valence-corrected chi connectivity index (χ2v) is 7.50.